The molecule has 6 nitrogen and oxygen atoms in total. The average Bonchev–Trinajstić information content (AvgIpc) is 2.78. The topological polar surface area (TPSA) is 75.7 Å². The number of fused-ring (bicyclic) bond motifs is 1. The standard InChI is InChI=1S/C24H32N2O4S/c1-4-7-18(8-5-2)24(27)25-20-10-15-23-19(17-20)9-6-16-26(23)31(28,29)22-13-11-21(30-3)12-14-22/h10-15,17-18H,4-9,16H2,1-3H3,(H,25,27). The van der Waals surface area contributed by atoms with E-state index < -0.39 is 10.0 Å². The number of sulfonamides is 1. The van der Waals surface area contributed by atoms with Gasteiger partial charge in [-0.1, -0.05) is 26.7 Å². The van der Waals surface area contributed by atoms with Crippen molar-refractivity contribution in [3.63, 3.8) is 0 Å². The van der Waals surface area contributed by atoms with Crippen LogP contribution in [-0.2, 0) is 21.2 Å². The molecule has 1 aliphatic heterocycles. The number of nitrogens with zero attached hydrogens (tertiary/aromatic N) is 1. The molecule has 31 heavy (non-hydrogen) atoms. The van der Waals surface area contributed by atoms with Crippen LogP contribution in [-0.4, -0.2) is 28.0 Å². The zero-order chi connectivity index (χ0) is 22.4. The van der Waals surface area contributed by atoms with Gasteiger partial charge in [0.2, 0.25) is 5.91 Å². The minimum absolute atomic E-state index is 0.0120. The number of nitrogens with one attached hydrogen (secondary N) is 1. The molecule has 1 amide bonds. The molecule has 168 valence electrons. The van der Waals surface area contributed by atoms with Crippen LogP contribution in [0.25, 0.3) is 0 Å². The highest BCUT2D eigenvalue weighted by molar-refractivity contribution is 7.92. The van der Waals surface area contributed by atoms with E-state index in [2.05, 4.69) is 19.2 Å². The fraction of sp³-hybridized carbons (Fsp3) is 0.458. The van der Waals surface area contributed by atoms with Crippen LogP contribution in [0.2, 0.25) is 0 Å². The summed E-state index contributed by atoms with van der Waals surface area (Å²) in [5.74, 6) is 0.669. The van der Waals surface area contributed by atoms with Crippen molar-refractivity contribution in [1.29, 1.82) is 0 Å². The van der Waals surface area contributed by atoms with E-state index in [1.165, 1.54) is 4.31 Å². The highest BCUT2D eigenvalue weighted by Crippen LogP contribution is 2.34. The van der Waals surface area contributed by atoms with Gasteiger partial charge in [0.1, 0.15) is 5.75 Å². The molecule has 0 saturated carbocycles. The Morgan fingerprint density at radius 1 is 1.10 bits per heavy atom. The van der Waals surface area contributed by atoms with Crippen molar-refractivity contribution in [1.82, 2.24) is 0 Å². The molecule has 0 saturated heterocycles. The van der Waals surface area contributed by atoms with Gasteiger partial charge < -0.3 is 10.1 Å². The molecular formula is C24H32N2O4S. The van der Waals surface area contributed by atoms with Crippen molar-refractivity contribution < 1.29 is 17.9 Å². The number of amides is 1. The summed E-state index contributed by atoms with van der Waals surface area (Å²) in [6.07, 6.45) is 5.20. The molecule has 0 atom stereocenters. The average molecular weight is 445 g/mol. The number of benzene rings is 2. The number of aryl methyl sites for hydroxylation is 1. The van der Waals surface area contributed by atoms with Crippen LogP contribution in [0.1, 0.15) is 51.5 Å². The molecule has 1 heterocycles. The van der Waals surface area contributed by atoms with E-state index in [9.17, 15) is 13.2 Å². The number of hydrogen-bond acceptors (Lipinski definition) is 4. The molecule has 0 aliphatic carbocycles. The van der Waals surface area contributed by atoms with Gasteiger partial charge in [-0.2, -0.15) is 0 Å². The molecule has 0 unspecified atom stereocenters. The molecule has 2 aromatic carbocycles. The van der Waals surface area contributed by atoms with Gasteiger partial charge >= 0.3 is 0 Å². The van der Waals surface area contributed by atoms with E-state index in [4.69, 9.17) is 4.74 Å². The van der Waals surface area contributed by atoms with E-state index in [0.717, 1.165) is 49.8 Å². The van der Waals surface area contributed by atoms with Crippen molar-refractivity contribution in [2.75, 3.05) is 23.3 Å². The number of carbonyl (C=O) groups excluding carboxylic acids is 1. The van der Waals surface area contributed by atoms with Crippen LogP contribution in [0.5, 0.6) is 5.75 Å². The minimum Gasteiger partial charge on any atom is -0.497 e. The first kappa shape index (κ1) is 23.1. The van der Waals surface area contributed by atoms with Crippen molar-refractivity contribution in [2.45, 2.75) is 57.3 Å². The maximum absolute atomic E-state index is 13.3. The molecular weight excluding hydrogens is 412 g/mol. The Hall–Kier alpha value is -2.54. The van der Waals surface area contributed by atoms with Crippen LogP contribution >= 0.6 is 0 Å². The summed E-state index contributed by atoms with van der Waals surface area (Å²) in [5, 5.41) is 3.04. The van der Waals surface area contributed by atoms with Crippen molar-refractivity contribution in [2.24, 2.45) is 5.92 Å². The van der Waals surface area contributed by atoms with Gasteiger partial charge in [0.05, 0.1) is 17.7 Å². The molecule has 0 fully saturated rings. The van der Waals surface area contributed by atoms with Crippen LogP contribution in [0.4, 0.5) is 11.4 Å². The predicted molar refractivity (Wildman–Crippen MR) is 124 cm³/mol. The van der Waals surface area contributed by atoms with Crippen molar-refractivity contribution in [3.8, 4) is 5.75 Å². The summed E-state index contributed by atoms with van der Waals surface area (Å²) in [6.45, 7) is 4.61. The second-order valence-electron chi connectivity index (χ2n) is 7.96. The Bertz CT molecular complexity index is 997. The zero-order valence-electron chi connectivity index (χ0n) is 18.6. The van der Waals surface area contributed by atoms with Gasteiger partial charge in [-0.3, -0.25) is 9.10 Å². The Morgan fingerprint density at radius 2 is 1.77 bits per heavy atom. The maximum atomic E-state index is 13.3. The molecule has 0 radical (unpaired) electrons. The lowest BCUT2D eigenvalue weighted by atomic mass is 9.97. The number of carbonyl (C=O) groups is 1. The summed E-state index contributed by atoms with van der Waals surface area (Å²) >= 11 is 0. The monoisotopic (exact) mass is 444 g/mol. The Labute approximate surface area is 185 Å². The Kier molecular flexibility index (Phi) is 7.59. The quantitative estimate of drug-likeness (QED) is 0.591. The molecule has 2 aromatic rings. The van der Waals surface area contributed by atoms with E-state index in [-0.39, 0.29) is 16.7 Å². The first-order valence-corrected chi connectivity index (χ1v) is 12.4. The van der Waals surface area contributed by atoms with E-state index in [0.29, 0.717) is 18.0 Å². The minimum atomic E-state index is -3.67. The number of ether oxygens (including phenoxy) is 1. The number of anilines is 2. The number of rotatable bonds is 9. The number of hydrogen-bond donors (Lipinski definition) is 1. The van der Waals surface area contributed by atoms with Gasteiger partial charge in [0, 0.05) is 18.2 Å². The molecule has 0 spiro atoms. The van der Waals surface area contributed by atoms with Gasteiger partial charge in [0.25, 0.3) is 10.0 Å². The Morgan fingerprint density at radius 3 is 2.39 bits per heavy atom. The van der Waals surface area contributed by atoms with Gasteiger partial charge in [-0.05, 0) is 73.7 Å². The smallest absolute Gasteiger partial charge is 0.264 e. The molecule has 0 bridgehead atoms. The highest BCUT2D eigenvalue weighted by Gasteiger charge is 2.29. The van der Waals surface area contributed by atoms with Crippen molar-refractivity contribution >= 4 is 27.3 Å². The third kappa shape index (κ3) is 5.21. The first-order valence-electron chi connectivity index (χ1n) is 11.0. The fourth-order valence-corrected chi connectivity index (χ4v) is 5.65. The summed E-state index contributed by atoms with van der Waals surface area (Å²) in [7, 11) is -2.12. The van der Waals surface area contributed by atoms with Crippen LogP contribution in [0, 0.1) is 5.92 Å². The molecule has 3 rings (SSSR count). The lowest BCUT2D eigenvalue weighted by Gasteiger charge is -2.31. The molecule has 1 N–H and O–H groups in total. The maximum Gasteiger partial charge on any atom is 0.264 e. The van der Waals surface area contributed by atoms with Crippen molar-refractivity contribution in [3.05, 3.63) is 48.0 Å². The van der Waals surface area contributed by atoms with E-state index in [1.807, 2.05) is 6.07 Å². The second kappa shape index (κ2) is 10.2. The predicted octanol–water partition coefficient (Wildman–Crippen LogP) is 4.99. The summed E-state index contributed by atoms with van der Waals surface area (Å²) in [6, 6.07) is 12.0. The number of methoxy groups -OCH3 is 1. The van der Waals surface area contributed by atoms with Gasteiger partial charge in [-0.15, -0.1) is 0 Å². The summed E-state index contributed by atoms with van der Waals surface area (Å²) in [5.41, 5.74) is 2.34. The van der Waals surface area contributed by atoms with E-state index in [1.54, 1.807) is 43.5 Å². The van der Waals surface area contributed by atoms with E-state index >= 15 is 0 Å². The SMILES string of the molecule is CCCC(CCC)C(=O)Nc1ccc2c(c1)CCCN2S(=O)(=O)c1ccc(OC)cc1. The normalized spacial score (nSPS) is 13.7. The molecule has 0 aromatic heterocycles. The van der Waals surface area contributed by atoms with Crippen LogP contribution in [0.3, 0.4) is 0 Å². The third-order valence-corrected chi connectivity index (χ3v) is 7.54. The second-order valence-corrected chi connectivity index (χ2v) is 9.83. The lowest BCUT2D eigenvalue weighted by molar-refractivity contribution is -0.120. The van der Waals surface area contributed by atoms with Gasteiger partial charge in [0.15, 0.2) is 0 Å². The first-order chi connectivity index (χ1) is 14.9. The Balaban J connectivity index is 1.83. The molecule has 1 aliphatic rings. The van der Waals surface area contributed by atoms with Crippen LogP contribution < -0.4 is 14.4 Å². The van der Waals surface area contributed by atoms with Crippen LogP contribution in [0.15, 0.2) is 47.4 Å². The summed E-state index contributed by atoms with van der Waals surface area (Å²) < 4.78 is 33.1. The summed E-state index contributed by atoms with van der Waals surface area (Å²) in [4.78, 5) is 12.9. The van der Waals surface area contributed by atoms with Gasteiger partial charge in [-0.25, -0.2) is 8.42 Å². The lowest BCUT2D eigenvalue weighted by Crippen LogP contribution is -2.35. The molecule has 7 heteroatoms. The zero-order valence-corrected chi connectivity index (χ0v) is 19.4. The highest BCUT2D eigenvalue weighted by atomic mass is 32.2. The fourth-order valence-electron chi connectivity index (χ4n) is 4.11. The largest absolute Gasteiger partial charge is 0.497 e. The third-order valence-electron chi connectivity index (χ3n) is 5.72.